The first kappa shape index (κ1) is 37.2. The number of hydrogen-bond acceptors (Lipinski definition) is 9. The van der Waals surface area contributed by atoms with Crippen molar-refractivity contribution >= 4 is 45.7 Å². The Hall–Kier alpha value is -4.54. The lowest BCUT2D eigenvalue weighted by Crippen LogP contribution is -2.53. The van der Waals surface area contributed by atoms with Crippen molar-refractivity contribution in [3.63, 3.8) is 0 Å². The Morgan fingerprint density at radius 1 is 0.904 bits per heavy atom. The van der Waals surface area contributed by atoms with Crippen LogP contribution in [0.1, 0.15) is 42.0 Å². The molecule has 1 saturated heterocycles. The standard InChI is InChI=1S/C36H45BrN6O9/c1-22-18-40(9-10-41(35(47)48)11-12-42(36(49)50)13-14-43(22)20-33(45)46)19-32(44)38-8-7-23-5-6-29-26(15-23)24-3-2-4-25(24)34(39-29)27-16-30-31(17-28(27)37)52-21-51-30/h2-3,5-6,15-17,22,24-25,34,39H,4,7-14,18-21H2,1H3,(H,38,44)(H,45,46)(H,47,48)(H,49,50). The van der Waals surface area contributed by atoms with E-state index in [9.17, 15) is 34.5 Å². The van der Waals surface area contributed by atoms with Gasteiger partial charge in [0.15, 0.2) is 11.5 Å². The van der Waals surface area contributed by atoms with Gasteiger partial charge in [-0.15, -0.1) is 0 Å². The second kappa shape index (κ2) is 16.4. The van der Waals surface area contributed by atoms with Gasteiger partial charge in [0.25, 0.3) is 0 Å². The van der Waals surface area contributed by atoms with E-state index in [0.717, 1.165) is 49.0 Å². The summed E-state index contributed by atoms with van der Waals surface area (Å²) in [6.07, 6.45) is 3.71. The number of carbonyl (C=O) groups is 4. The van der Waals surface area contributed by atoms with Crippen LogP contribution in [-0.4, -0.2) is 137 Å². The molecule has 2 aromatic rings. The van der Waals surface area contributed by atoms with Gasteiger partial charge in [-0.05, 0) is 60.6 Å². The zero-order valence-corrected chi connectivity index (χ0v) is 30.6. The highest BCUT2D eigenvalue weighted by atomic mass is 79.9. The molecule has 3 amide bonds. The van der Waals surface area contributed by atoms with Gasteiger partial charge in [-0.25, -0.2) is 9.59 Å². The number of ether oxygens (including phenoxy) is 2. The van der Waals surface area contributed by atoms with Crippen molar-refractivity contribution in [1.29, 1.82) is 0 Å². The molecule has 0 bridgehead atoms. The van der Waals surface area contributed by atoms with Crippen LogP contribution in [0.15, 0.2) is 47.0 Å². The molecule has 3 heterocycles. The summed E-state index contributed by atoms with van der Waals surface area (Å²) in [5.41, 5.74) is 4.52. The Kier molecular flexibility index (Phi) is 11.8. The molecule has 1 fully saturated rings. The Morgan fingerprint density at radius 3 is 2.31 bits per heavy atom. The molecular weight excluding hydrogens is 740 g/mol. The summed E-state index contributed by atoms with van der Waals surface area (Å²) in [7, 11) is 0. The van der Waals surface area contributed by atoms with Gasteiger partial charge in [0.2, 0.25) is 12.7 Å². The normalized spacial score (nSPS) is 23.5. The number of allylic oxidation sites excluding steroid dienone is 2. The number of nitrogens with zero attached hydrogens (tertiary/aromatic N) is 4. The third-order valence-corrected chi connectivity index (χ3v) is 11.1. The zero-order chi connectivity index (χ0) is 36.9. The maximum Gasteiger partial charge on any atom is 0.407 e. The number of amides is 3. The number of aliphatic carboxylic acids is 1. The summed E-state index contributed by atoms with van der Waals surface area (Å²) in [6.45, 7) is 2.81. The van der Waals surface area contributed by atoms with Crippen molar-refractivity contribution < 1.29 is 44.0 Å². The lowest BCUT2D eigenvalue weighted by atomic mass is 9.76. The van der Waals surface area contributed by atoms with E-state index in [4.69, 9.17) is 9.47 Å². The largest absolute Gasteiger partial charge is 0.480 e. The molecule has 1 aliphatic carbocycles. The van der Waals surface area contributed by atoms with Crippen molar-refractivity contribution in [3.8, 4) is 11.5 Å². The van der Waals surface area contributed by atoms with Crippen LogP contribution >= 0.6 is 15.9 Å². The highest BCUT2D eigenvalue weighted by Crippen LogP contribution is 2.52. The van der Waals surface area contributed by atoms with E-state index in [0.29, 0.717) is 25.4 Å². The first-order valence-electron chi connectivity index (χ1n) is 17.5. The van der Waals surface area contributed by atoms with Gasteiger partial charge in [0.1, 0.15) is 0 Å². The molecule has 2 aromatic carbocycles. The van der Waals surface area contributed by atoms with E-state index in [2.05, 4.69) is 63.0 Å². The second-order valence-electron chi connectivity index (χ2n) is 13.7. The summed E-state index contributed by atoms with van der Waals surface area (Å²) in [5, 5.41) is 35.7. The fourth-order valence-electron chi connectivity index (χ4n) is 7.60. The maximum absolute atomic E-state index is 13.2. The lowest BCUT2D eigenvalue weighted by Gasteiger charge is -2.38. The Morgan fingerprint density at radius 2 is 1.60 bits per heavy atom. The van der Waals surface area contributed by atoms with Crippen LogP contribution in [0.3, 0.4) is 0 Å². The average molecular weight is 786 g/mol. The number of anilines is 1. The summed E-state index contributed by atoms with van der Waals surface area (Å²) < 4.78 is 12.2. The molecule has 4 atom stereocenters. The van der Waals surface area contributed by atoms with E-state index in [1.807, 2.05) is 17.9 Å². The van der Waals surface area contributed by atoms with Crippen molar-refractivity contribution in [1.82, 2.24) is 24.9 Å². The Bertz CT molecular complexity index is 1710. The van der Waals surface area contributed by atoms with E-state index < -0.39 is 18.2 Å². The number of rotatable bonds is 8. The first-order valence-corrected chi connectivity index (χ1v) is 18.3. The summed E-state index contributed by atoms with van der Waals surface area (Å²) in [4.78, 5) is 54.3. The third-order valence-electron chi connectivity index (χ3n) is 10.4. The zero-order valence-electron chi connectivity index (χ0n) is 29.0. The molecule has 4 unspecified atom stereocenters. The molecular formula is C36H45BrN6O9. The van der Waals surface area contributed by atoms with E-state index in [-0.39, 0.29) is 83.1 Å². The number of carboxylic acids is 1. The maximum atomic E-state index is 13.2. The highest BCUT2D eigenvalue weighted by molar-refractivity contribution is 9.10. The van der Waals surface area contributed by atoms with E-state index in [1.165, 1.54) is 5.56 Å². The fraction of sp³-hybridized carbons (Fsp3) is 0.500. The molecule has 4 aliphatic rings. The van der Waals surface area contributed by atoms with E-state index >= 15 is 0 Å². The van der Waals surface area contributed by atoms with Gasteiger partial charge in [-0.2, -0.15) is 0 Å². The molecule has 6 rings (SSSR count). The molecule has 0 saturated carbocycles. The van der Waals surface area contributed by atoms with Gasteiger partial charge in [-0.1, -0.05) is 40.2 Å². The van der Waals surface area contributed by atoms with Crippen molar-refractivity contribution in [2.45, 2.75) is 37.8 Å². The summed E-state index contributed by atoms with van der Waals surface area (Å²) in [6, 6.07) is 10.2. The number of halogens is 1. The van der Waals surface area contributed by atoms with Gasteiger partial charge in [-0.3, -0.25) is 19.4 Å². The predicted molar refractivity (Wildman–Crippen MR) is 194 cm³/mol. The molecule has 0 spiro atoms. The summed E-state index contributed by atoms with van der Waals surface area (Å²) in [5.74, 6) is 0.777. The van der Waals surface area contributed by atoms with Gasteiger partial charge in [0, 0.05) is 74.5 Å². The second-order valence-corrected chi connectivity index (χ2v) is 14.6. The number of benzene rings is 2. The average Bonchev–Trinajstić information content (AvgIpc) is 3.77. The molecule has 0 aromatic heterocycles. The molecule has 15 nitrogen and oxygen atoms in total. The SMILES string of the molecule is CC1CN(CC(=O)NCCc2ccc3c(c2)C2C=CCC2C(c2cc4c(cc2Br)OCO4)N3)CCN(C(=O)O)CCN(C(=O)O)CCN1CC(=O)O. The van der Waals surface area contributed by atoms with Crippen LogP contribution in [0.4, 0.5) is 15.3 Å². The highest BCUT2D eigenvalue weighted by Gasteiger charge is 2.39. The Labute approximate surface area is 310 Å². The van der Waals surface area contributed by atoms with E-state index in [1.54, 1.807) is 4.90 Å². The van der Waals surface area contributed by atoms with Crippen LogP contribution in [0, 0.1) is 5.92 Å². The van der Waals surface area contributed by atoms with Crippen molar-refractivity contribution in [2.24, 2.45) is 5.92 Å². The van der Waals surface area contributed by atoms with Crippen LogP contribution in [-0.2, 0) is 16.0 Å². The molecule has 3 aliphatic heterocycles. The first-order chi connectivity index (χ1) is 25.0. The quantitative estimate of drug-likeness (QED) is 0.245. The van der Waals surface area contributed by atoms with Crippen LogP contribution < -0.4 is 20.1 Å². The van der Waals surface area contributed by atoms with Crippen LogP contribution in [0.25, 0.3) is 0 Å². The molecule has 0 radical (unpaired) electrons. The number of fused-ring (bicyclic) bond motifs is 4. The number of carbonyl (C=O) groups excluding carboxylic acids is 1. The van der Waals surface area contributed by atoms with Gasteiger partial charge < -0.3 is 45.2 Å². The Balaban J connectivity index is 1.08. The lowest BCUT2D eigenvalue weighted by molar-refractivity contribution is -0.139. The molecule has 16 heteroatoms. The van der Waals surface area contributed by atoms with Gasteiger partial charge in [0.05, 0.1) is 19.1 Å². The third kappa shape index (κ3) is 8.73. The predicted octanol–water partition coefficient (Wildman–Crippen LogP) is 3.71. The molecule has 280 valence electrons. The minimum absolute atomic E-state index is 0.000571. The smallest absolute Gasteiger partial charge is 0.407 e. The number of hydrogen-bond donors (Lipinski definition) is 5. The summed E-state index contributed by atoms with van der Waals surface area (Å²) >= 11 is 3.75. The van der Waals surface area contributed by atoms with Gasteiger partial charge >= 0.3 is 18.2 Å². The minimum Gasteiger partial charge on any atom is -0.480 e. The fourth-order valence-corrected chi connectivity index (χ4v) is 8.16. The minimum atomic E-state index is -1.20. The topological polar surface area (TPSA) is 184 Å². The molecule has 52 heavy (non-hydrogen) atoms. The number of nitrogens with one attached hydrogen (secondary N) is 2. The molecule has 5 N–H and O–H groups in total. The van der Waals surface area contributed by atoms with Crippen molar-refractivity contribution in [3.05, 3.63) is 63.6 Å². The van der Waals surface area contributed by atoms with Crippen LogP contribution in [0.5, 0.6) is 11.5 Å². The number of carboxylic acid groups (broad SMARTS) is 3. The monoisotopic (exact) mass is 784 g/mol. The van der Waals surface area contributed by atoms with Crippen molar-refractivity contribution in [2.75, 3.05) is 77.6 Å². The van der Waals surface area contributed by atoms with Crippen LogP contribution in [0.2, 0.25) is 0 Å².